The van der Waals surface area contributed by atoms with E-state index in [9.17, 15) is 25.0 Å². The maximum atomic E-state index is 12.0. The molecule has 3 rings (SSSR count). The van der Waals surface area contributed by atoms with Gasteiger partial charge in [-0.2, -0.15) is 0 Å². The van der Waals surface area contributed by atoms with Gasteiger partial charge in [0.25, 0.3) is 11.4 Å². The topological polar surface area (TPSA) is 125 Å². The summed E-state index contributed by atoms with van der Waals surface area (Å²) in [6.07, 6.45) is 1.50. The highest BCUT2D eigenvalue weighted by Gasteiger charge is 2.27. The minimum Gasteiger partial charge on any atom is -0.402 e. The smallest absolute Gasteiger partial charge is 0.363 e. The molecule has 0 atom stereocenters. The van der Waals surface area contributed by atoms with Gasteiger partial charge in [0.2, 0.25) is 5.90 Å². The average Bonchev–Trinajstić information content (AvgIpc) is 2.97. The molecule has 0 aliphatic carbocycles. The second-order valence-electron chi connectivity index (χ2n) is 5.14. The first kappa shape index (κ1) is 17.7. The molecule has 1 heterocycles. The molecule has 0 bridgehead atoms. The third kappa shape index (κ3) is 3.74. The molecule has 0 spiro atoms. The fourth-order valence-electron chi connectivity index (χ4n) is 2.18. The molecule has 1 aliphatic rings. The zero-order chi connectivity index (χ0) is 18.8. The lowest BCUT2D eigenvalue weighted by molar-refractivity contribution is -0.394. The monoisotopic (exact) mass is 465 g/mol. The molecule has 0 N–H and O–H groups in total. The quantitative estimate of drug-likeness (QED) is 0.224. The molecular formula is C16H8IN3O6. The number of carbonyl (C=O) groups is 1. The van der Waals surface area contributed by atoms with Gasteiger partial charge in [0.05, 0.1) is 21.5 Å². The number of ether oxygens (including phenoxy) is 1. The summed E-state index contributed by atoms with van der Waals surface area (Å²) in [5.74, 6) is -0.966. The first-order valence-electron chi connectivity index (χ1n) is 7.06. The van der Waals surface area contributed by atoms with Gasteiger partial charge in [-0.15, -0.1) is 0 Å². The van der Waals surface area contributed by atoms with Gasteiger partial charge in [0, 0.05) is 15.7 Å². The molecule has 0 amide bonds. The molecule has 0 fully saturated rings. The van der Waals surface area contributed by atoms with Gasteiger partial charge in [-0.05, 0) is 46.4 Å². The molecule has 1 aliphatic heterocycles. The summed E-state index contributed by atoms with van der Waals surface area (Å²) in [7, 11) is 0. The standard InChI is InChI=1S/C16H8IN3O6/c17-11-3-1-9(2-4-11)5-14-16(21)26-15(18-14)10-6-12(19(22)23)8-13(7-10)20(24)25/h1-8H/b14-5+. The van der Waals surface area contributed by atoms with Crippen molar-refractivity contribution in [2.24, 2.45) is 4.99 Å². The Hall–Kier alpha value is -3.15. The third-order valence-corrected chi connectivity index (χ3v) is 4.08. The van der Waals surface area contributed by atoms with Crippen LogP contribution in [0.25, 0.3) is 6.08 Å². The van der Waals surface area contributed by atoms with Crippen molar-refractivity contribution in [1.29, 1.82) is 0 Å². The van der Waals surface area contributed by atoms with Crippen LogP contribution >= 0.6 is 22.6 Å². The lowest BCUT2D eigenvalue weighted by Crippen LogP contribution is -2.06. The Morgan fingerprint density at radius 2 is 1.58 bits per heavy atom. The van der Waals surface area contributed by atoms with Crippen molar-refractivity contribution in [2.75, 3.05) is 0 Å². The second-order valence-corrected chi connectivity index (χ2v) is 6.39. The number of nitro groups is 2. The molecule has 9 nitrogen and oxygen atoms in total. The van der Waals surface area contributed by atoms with Crippen LogP contribution in [0.5, 0.6) is 0 Å². The summed E-state index contributed by atoms with van der Waals surface area (Å²) in [4.78, 5) is 36.4. The van der Waals surface area contributed by atoms with E-state index in [-0.39, 0.29) is 17.2 Å². The van der Waals surface area contributed by atoms with Crippen LogP contribution in [0.3, 0.4) is 0 Å². The van der Waals surface area contributed by atoms with E-state index in [1.807, 2.05) is 12.1 Å². The molecule has 0 aromatic heterocycles. The van der Waals surface area contributed by atoms with E-state index in [2.05, 4.69) is 27.6 Å². The van der Waals surface area contributed by atoms with E-state index in [0.717, 1.165) is 21.8 Å². The number of rotatable bonds is 4. The second kappa shape index (κ2) is 7.00. The largest absolute Gasteiger partial charge is 0.402 e. The SMILES string of the molecule is O=C1OC(c2cc([N+](=O)[O-])cc([N+](=O)[O-])c2)=N/C1=C/c1ccc(I)cc1. The van der Waals surface area contributed by atoms with Crippen LogP contribution in [0.1, 0.15) is 11.1 Å². The van der Waals surface area contributed by atoms with E-state index in [4.69, 9.17) is 4.74 Å². The van der Waals surface area contributed by atoms with E-state index in [1.54, 1.807) is 12.1 Å². The lowest BCUT2D eigenvalue weighted by atomic mass is 10.1. The van der Waals surface area contributed by atoms with Gasteiger partial charge in [-0.1, -0.05) is 12.1 Å². The van der Waals surface area contributed by atoms with Crippen molar-refractivity contribution in [1.82, 2.24) is 0 Å². The Morgan fingerprint density at radius 3 is 2.12 bits per heavy atom. The fraction of sp³-hybridized carbons (Fsp3) is 0. The van der Waals surface area contributed by atoms with Gasteiger partial charge < -0.3 is 4.74 Å². The van der Waals surface area contributed by atoms with E-state index in [1.165, 1.54) is 6.08 Å². The van der Waals surface area contributed by atoms with Crippen molar-refractivity contribution in [3.63, 3.8) is 0 Å². The maximum Gasteiger partial charge on any atom is 0.363 e. The average molecular weight is 465 g/mol. The van der Waals surface area contributed by atoms with Gasteiger partial charge in [-0.3, -0.25) is 20.2 Å². The third-order valence-electron chi connectivity index (χ3n) is 3.37. The predicted molar refractivity (Wildman–Crippen MR) is 99.5 cm³/mol. The first-order valence-corrected chi connectivity index (χ1v) is 8.14. The summed E-state index contributed by atoms with van der Waals surface area (Å²) in [6.45, 7) is 0. The summed E-state index contributed by atoms with van der Waals surface area (Å²) in [6, 6.07) is 10.2. The highest BCUT2D eigenvalue weighted by Crippen LogP contribution is 2.26. The van der Waals surface area contributed by atoms with E-state index < -0.39 is 27.2 Å². The highest BCUT2D eigenvalue weighted by molar-refractivity contribution is 14.1. The maximum absolute atomic E-state index is 12.0. The molecule has 10 heteroatoms. The molecule has 0 radical (unpaired) electrons. The Labute approximate surface area is 159 Å². The first-order chi connectivity index (χ1) is 12.3. The van der Waals surface area contributed by atoms with Crippen LogP contribution in [0.4, 0.5) is 11.4 Å². The minimum absolute atomic E-state index is 0.00429. The molecule has 0 saturated carbocycles. The van der Waals surface area contributed by atoms with Crippen LogP contribution in [-0.4, -0.2) is 21.7 Å². The zero-order valence-electron chi connectivity index (χ0n) is 12.8. The number of aliphatic imine (C=N–C) groups is 1. The molecule has 26 heavy (non-hydrogen) atoms. The van der Waals surface area contributed by atoms with Crippen LogP contribution in [0, 0.1) is 23.8 Å². The number of nitro benzene ring substituents is 2. The summed E-state index contributed by atoms with van der Waals surface area (Å²) in [5.41, 5.74) is -0.306. The Kier molecular flexibility index (Phi) is 4.75. The van der Waals surface area contributed by atoms with Crippen LogP contribution < -0.4 is 0 Å². The number of hydrogen-bond donors (Lipinski definition) is 0. The number of cyclic esters (lactones) is 1. The van der Waals surface area contributed by atoms with Gasteiger partial charge in [0.1, 0.15) is 0 Å². The van der Waals surface area contributed by atoms with Crippen molar-refractivity contribution in [3.05, 3.63) is 83.1 Å². The van der Waals surface area contributed by atoms with Gasteiger partial charge in [-0.25, -0.2) is 9.79 Å². The number of carbonyl (C=O) groups excluding carboxylic acids is 1. The molecule has 0 unspecified atom stereocenters. The molecule has 130 valence electrons. The van der Waals surface area contributed by atoms with Gasteiger partial charge in [0.15, 0.2) is 5.70 Å². The Morgan fingerprint density at radius 1 is 1.00 bits per heavy atom. The number of hydrogen-bond acceptors (Lipinski definition) is 7. The fourth-order valence-corrected chi connectivity index (χ4v) is 2.54. The number of benzene rings is 2. The summed E-state index contributed by atoms with van der Waals surface area (Å²) in [5, 5.41) is 21.9. The summed E-state index contributed by atoms with van der Waals surface area (Å²) < 4.78 is 6.04. The highest BCUT2D eigenvalue weighted by atomic mass is 127. The summed E-state index contributed by atoms with van der Waals surface area (Å²) >= 11 is 2.14. The Bertz CT molecular complexity index is 965. The normalized spacial score (nSPS) is 14.9. The number of halogens is 1. The van der Waals surface area contributed by atoms with Gasteiger partial charge >= 0.3 is 5.97 Å². The minimum atomic E-state index is -0.768. The Balaban J connectivity index is 2.02. The van der Waals surface area contributed by atoms with Crippen molar-refractivity contribution in [3.8, 4) is 0 Å². The van der Waals surface area contributed by atoms with Crippen molar-refractivity contribution in [2.45, 2.75) is 0 Å². The van der Waals surface area contributed by atoms with Crippen LogP contribution in [-0.2, 0) is 9.53 Å². The number of non-ortho nitro benzene ring substituents is 2. The van der Waals surface area contributed by atoms with E-state index >= 15 is 0 Å². The molecule has 2 aromatic rings. The molecular weight excluding hydrogens is 457 g/mol. The lowest BCUT2D eigenvalue weighted by Gasteiger charge is -2.00. The predicted octanol–water partition coefficient (Wildman–Crippen LogP) is 3.45. The molecule has 0 saturated heterocycles. The van der Waals surface area contributed by atoms with E-state index in [0.29, 0.717) is 5.56 Å². The molecule has 2 aromatic carbocycles. The zero-order valence-corrected chi connectivity index (χ0v) is 14.9. The van der Waals surface area contributed by atoms with Crippen LogP contribution in [0.2, 0.25) is 0 Å². The number of esters is 1. The van der Waals surface area contributed by atoms with Crippen LogP contribution in [0.15, 0.2) is 53.2 Å². The van der Waals surface area contributed by atoms with Crippen molar-refractivity contribution < 1.29 is 19.4 Å². The number of nitrogens with zero attached hydrogens (tertiary/aromatic N) is 3. The van der Waals surface area contributed by atoms with Crippen molar-refractivity contribution >= 4 is 51.9 Å².